The van der Waals surface area contributed by atoms with Gasteiger partial charge in [-0.25, -0.2) is 0 Å². The van der Waals surface area contributed by atoms with Gasteiger partial charge in [0.1, 0.15) is 0 Å². The third-order valence-corrected chi connectivity index (χ3v) is 8.98. The smallest absolute Gasteiger partial charge is 0.0626 e. The lowest BCUT2D eigenvalue weighted by atomic mass is 9.94. The van der Waals surface area contributed by atoms with Crippen LogP contribution >= 0.6 is 0 Å². The molecule has 9 aromatic rings. The maximum atomic E-state index is 2.48. The van der Waals surface area contributed by atoms with Crippen LogP contribution in [0.2, 0.25) is 0 Å². The van der Waals surface area contributed by atoms with Crippen molar-refractivity contribution < 1.29 is 0 Å². The molecule has 1 aromatic heterocycles. The van der Waals surface area contributed by atoms with E-state index in [0.717, 1.165) is 5.69 Å². The zero-order chi connectivity index (χ0) is 28.3. The summed E-state index contributed by atoms with van der Waals surface area (Å²) in [5.41, 5.74) is 8.59. The van der Waals surface area contributed by atoms with Gasteiger partial charge in [0.25, 0.3) is 0 Å². The molecule has 8 aromatic carbocycles. The molecule has 0 aliphatic carbocycles. The SMILES string of the molecule is c1ccc(-c2ccccc2-c2ccc(-n3c4ccc5ccccc5c4c4c5ccccc5c5ccccc5c43)cc2)cc1. The van der Waals surface area contributed by atoms with Gasteiger partial charge in [-0.15, -0.1) is 0 Å². The van der Waals surface area contributed by atoms with Gasteiger partial charge in [-0.2, -0.15) is 0 Å². The predicted molar refractivity (Wildman–Crippen MR) is 184 cm³/mol. The molecule has 0 saturated carbocycles. The topological polar surface area (TPSA) is 4.93 Å². The third kappa shape index (κ3) is 3.58. The Balaban J connectivity index is 1.37. The Kier molecular flexibility index (Phi) is 5.27. The molecule has 0 radical (unpaired) electrons. The van der Waals surface area contributed by atoms with Crippen LogP contribution in [0.1, 0.15) is 0 Å². The second-order valence-electron chi connectivity index (χ2n) is 11.3. The van der Waals surface area contributed by atoms with Crippen molar-refractivity contribution in [2.24, 2.45) is 0 Å². The maximum absolute atomic E-state index is 2.48. The highest BCUT2D eigenvalue weighted by atomic mass is 15.0. The van der Waals surface area contributed by atoms with Crippen LogP contribution in [0.5, 0.6) is 0 Å². The summed E-state index contributed by atoms with van der Waals surface area (Å²) >= 11 is 0. The van der Waals surface area contributed by atoms with Gasteiger partial charge in [0.15, 0.2) is 0 Å². The summed E-state index contributed by atoms with van der Waals surface area (Å²) in [4.78, 5) is 0. The minimum Gasteiger partial charge on any atom is -0.309 e. The second-order valence-corrected chi connectivity index (χ2v) is 11.3. The number of hydrogen-bond acceptors (Lipinski definition) is 0. The molecule has 0 fully saturated rings. The second kappa shape index (κ2) is 9.44. The van der Waals surface area contributed by atoms with Crippen LogP contribution in [0.15, 0.2) is 164 Å². The highest BCUT2D eigenvalue weighted by Gasteiger charge is 2.20. The molecule has 0 atom stereocenters. The molecule has 0 saturated heterocycles. The van der Waals surface area contributed by atoms with Crippen molar-refractivity contribution in [3.05, 3.63) is 164 Å². The van der Waals surface area contributed by atoms with E-state index in [1.54, 1.807) is 0 Å². The molecule has 9 rings (SSSR count). The highest BCUT2D eigenvalue weighted by Crippen LogP contribution is 2.44. The summed E-state index contributed by atoms with van der Waals surface area (Å²) in [7, 11) is 0. The first-order chi connectivity index (χ1) is 21.4. The Morgan fingerprint density at radius 1 is 0.326 bits per heavy atom. The summed E-state index contributed by atoms with van der Waals surface area (Å²) in [5, 5.41) is 10.3. The molecule has 0 aliphatic heterocycles. The van der Waals surface area contributed by atoms with Crippen molar-refractivity contribution >= 4 is 54.1 Å². The van der Waals surface area contributed by atoms with Gasteiger partial charge in [-0.1, -0.05) is 146 Å². The van der Waals surface area contributed by atoms with Gasteiger partial charge in [-0.3, -0.25) is 0 Å². The van der Waals surface area contributed by atoms with E-state index in [4.69, 9.17) is 0 Å². The van der Waals surface area contributed by atoms with Crippen molar-refractivity contribution in [3.8, 4) is 27.9 Å². The lowest BCUT2D eigenvalue weighted by molar-refractivity contribution is 1.19. The first-order valence-electron chi connectivity index (χ1n) is 14.9. The van der Waals surface area contributed by atoms with Gasteiger partial charge < -0.3 is 4.57 Å². The average Bonchev–Trinajstić information content (AvgIpc) is 3.45. The summed E-state index contributed by atoms with van der Waals surface area (Å²) in [6.07, 6.45) is 0. The van der Waals surface area contributed by atoms with Crippen molar-refractivity contribution in [3.63, 3.8) is 0 Å². The van der Waals surface area contributed by atoms with Crippen LogP contribution in [-0.4, -0.2) is 4.57 Å². The number of benzene rings is 8. The van der Waals surface area contributed by atoms with E-state index in [-0.39, 0.29) is 0 Å². The maximum Gasteiger partial charge on any atom is 0.0626 e. The van der Waals surface area contributed by atoms with Crippen molar-refractivity contribution in [1.29, 1.82) is 0 Å². The molecule has 1 nitrogen and oxygen atoms in total. The molecule has 43 heavy (non-hydrogen) atoms. The number of rotatable bonds is 3. The Morgan fingerprint density at radius 2 is 0.860 bits per heavy atom. The van der Waals surface area contributed by atoms with Crippen LogP contribution in [0.4, 0.5) is 0 Å². The summed E-state index contributed by atoms with van der Waals surface area (Å²) in [5.74, 6) is 0. The quantitative estimate of drug-likeness (QED) is 0.195. The molecule has 0 aliphatic rings. The van der Waals surface area contributed by atoms with E-state index >= 15 is 0 Å². The molecule has 0 amide bonds. The third-order valence-electron chi connectivity index (χ3n) is 8.98. The van der Waals surface area contributed by atoms with Gasteiger partial charge in [0.05, 0.1) is 11.0 Å². The minimum atomic E-state index is 1.16. The molecular formula is C42H27N. The minimum absolute atomic E-state index is 1.16. The number of aromatic nitrogens is 1. The predicted octanol–water partition coefficient (Wildman–Crippen LogP) is 11.6. The van der Waals surface area contributed by atoms with Crippen LogP contribution in [0, 0.1) is 0 Å². The standard InChI is InChI=1S/C42H27N/c1-2-12-28(13-3-1)32-15-6-7-16-33(32)30-22-25-31(26-23-30)43-39-27-24-29-14-4-5-17-34(29)40(39)41-37-20-10-8-18-35(37)36-19-9-11-21-38(36)42(41)43/h1-27H. The van der Waals surface area contributed by atoms with Crippen LogP contribution < -0.4 is 0 Å². The first-order valence-corrected chi connectivity index (χ1v) is 14.9. The number of fused-ring (bicyclic) bond motifs is 10. The molecule has 0 bridgehead atoms. The fourth-order valence-electron chi connectivity index (χ4n) is 7.10. The summed E-state index contributed by atoms with van der Waals surface area (Å²) in [6.45, 7) is 0. The lowest BCUT2D eigenvalue weighted by Crippen LogP contribution is -1.95. The van der Waals surface area contributed by atoms with E-state index < -0.39 is 0 Å². The number of nitrogens with zero attached hydrogens (tertiary/aromatic N) is 1. The summed E-state index contributed by atoms with van der Waals surface area (Å²) in [6, 6.07) is 59.6. The van der Waals surface area contributed by atoms with Gasteiger partial charge in [0.2, 0.25) is 0 Å². The lowest BCUT2D eigenvalue weighted by Gasteiger charge is -2.14. The zero-order valence-corrected chi connectivity index (χ0v) is 23.5. The van der Waals surface area contributed by atoms with Crippen molar-refractivity contribution in [2.45, 2.75) is 0 Å². The van der Waals surface area contributed by atoms with E-state index in [9.17, 15) is 0 Å². The molecule has 0 spiro atoms. The molecular weight excluding hydrogens is 518 g/mol. The number of hydrogen-bond donors (Lipinski definition) is 0. The Hall–Kier alpha value is -5.66. The van der Waals surface area contributed by atoms with Crippen molar-refractivity contribution in [2.75, 3.05) is 0 Å². The summed E-state index contributed by atoms with van der Waals surface area (Å²) < 4.78 is 2.48. The van der Waals surface area contributed by atoms with E-state index in [2.05, 4.69) is 168 Å². The van der Waals surface area contributed by atoms with Gasteiger partial charge in [0, 0.05) is 21.8 Å². The Bertz CT molecular complexity index is 2480. The van der Waals surface area contributed by atoms with E-state index in [1.807, 2.05) is 0 Å². The average molecular weight is 546 g/mol. The molecule has 1 heteroatoms. The van der Waals surface area contributed by atoms with Crippen molar-refractivity contribution in [1.82, 2.24) is 4.57 Å². The van der Waals surface area contributed by atoms with Crippen LogP contribution in [0.25, 0.3) is 82.1 Å². The molecule has 1 heterocycles. The highest BCUT2D eigenvalue weighted by molar-refractivity contribution is 6.35. The molecule has 0 N–H and O–H groups in total. The Labute approximate surface area is 249 Å². The Morgan fingerprint density at radius 3 is 1.58 bits per heavy atom. The van der Waals surface area contributed by atoms with Crippen LogP contribution in [-0.2, 0) is 0 Å². The fraction of sp³-hybridized carbons (Fsp3) is 0. The first kappa shape index (κ1) is 24.0. The molecule has 0 unspecified atom stereocenters. The van der Waals surface area contributed by atoms with E-state index in [0.29, 0.717) is 0 Å². The normalized spacial score (nSPS) is 11.7. The zero-order valence-electron chi connectivity index (χ0n) is 23.5. The largest absolute Gasteiger partial charge is 0.309 e. The molecule has 200 valence electrons. The van der Waals surface area contributed by atoms with Gasteiger partial charge in [-0.05, 0) is 67.4 Å². The fourth-order valence-corrected chi connectivity index (χ4v) is 7.10. The van der Waals surface area contributed by atoms with E-state index in [1.165, 1.54) is 76.4 Å². The van der Waals surface area contributed by atoms with Gasteiger partial charge >= 0.3 is 0 Å². The monoisotopic (exact) mass is 545 g/mol. The van der Waals surface area contributed by atoms with Crippen LogP contribution in [0.3, 0.4) is 0 Å².